The fourth-order valence-corrected chi connectivity index (χ4v) is 1.00. The van der Waals surface area contributed by atoms with E-state index in [1.165, 1.54) is 18.2 Å². The fourth-order valence-electron chi connectivity index (χ4n) is 1.00. The molecular weight excluding hydrogens is 196 g/mol. The van der Waals surface area contributed by atoms with Crippen LogP contribution in [0.15, 0.2) is 36.9 Å². The third-order valence-electron chi connectivity index (χ3n) is 1.61. The lowest BCUT2D eigenvalue weighted by Crippen LogP contribution is -2.07. The molecule has 0 unspecified atom stereocenters. The third-order valence-corrected chi connectivity index (χ3v) is 1.61. The van der Waals surface area contributed by atoms with Crippen molar-refractivity contribution in [2.24, 2.45) is 0 Å². The summed E-state index contributed by atoms with van der Waals surface area (Å²) in [7, 11) is 0. The molecule has 1 rings (SSSR count). The molecule has 0 aliphatic rings. The second-order valence-electron chi connectivity index (χ2n) is 2.60. The molecule has 15 heavy (non-hydrogen) atoms. The number of esters is 1. The Hall–Kier alpha value is -2.10. The minimum Gasteiger partial charge on any atom is -0.458 e. The molecule has 0 aliphatic carbocycles. The van der Waals surface area contributed by atoms with Crippen LogP contribution in [0.25, 0.3) is 0 Å². The van der Waals surface area contributed by atoms with Gasteiger partial charge >= 0.3 is 5.97 Å². The molecule has 0 bridgehead atoms. The van der Waals surface area contributed by atoms with Gasteiger partial charge in [-0.25, -0.2) is 4.79 Å². The number of hydrogen-bond acceptors (Lipinski definition) is 4. The zero-order chi connectivity index (χ0) is 11.1. The van der Waals surface area contributed by atoms with Gasteiger partial charge in [-0.15, -0.1) is 0 Å². The summed E-state index contributed by atoms with van der Waals surface area (Å²) >= 11 is 0. The molecule has 0 heterocycles. The molecule has 1 aromatic carbocycles. The molecule has 4 heteroatoms. The number of ether oxygens (including phenoxy) is 2. The summed E-state index contributed by atoms with van der Waals surface area (Å²) in [6.45, 7) is 3.80. The normalized spacial score (nSPS) is 9.07. The van der Waals surface area contributed by atoms with Crippen LogP contribution in [0.1, 0.15) is 10.4 Å². The van der Waals surface area contributed by atoms with Crippen LogP contribution in [0.3, 0.4) is 0 Å². The Balaban J connectivity index is 2.86. The van der Waals surface area contributed by atoms with E-state index in [1.54, 1.807) is 12.1 Å². The van der Waals surface area contributed by atoms with Crippen molar-refractivity contribution >= 4 is 12.4 Å². The predicted octanol–water partition coefficient (Wildman–Crippen LogP) is 1.56. The first-order valence-corrected chi connectivity index (χ1v) is 4.27. The zero-order valence-electron chi connectivity index (χ0n) is 8.01. The van der Waals surface area contributed by atoms with Crippen molar-refractivity contribution in [3.8, 4) is 5.75 Å². The first-order valence-electron chi connectivity index (χ1n) is 4.27. The zero-order valence-corrected chi connectivity index (χ0v) is 8.01. The summed E-state index contributed by atoms with van der Waals surface area (Å²) in [4.78, 5) is 21.6. The summed E-state index contributed by atoms with van der Waals surface area (Å²) in [5, 5.41) is 0. The first kappa shape index (κ1) is 11.0. The lowest BCUT2D eigenvalue weighted by molar-refractivity contribution is -0.120. The molecule has 4 nitrogen and oxygen atoms in total. The highest BCUT2D eigenvalue weighted by molar-refractivity contribution is 5.92. The van der Waals surface area contributed by atoms with E-state index < -0.39 is 5.97 Å². The van der Waals surface area contributed by atoms with Crippen LogP contribution < -0.4 is 4.74 Å². The Labute approximate surface area is 87.1 Å². The average Bonchev–Trinajstić information content (AvgIpc) is 2.27. The lowest BCUT2D eigenvalue weighted by Gasteiger charge is -2.05. The van der Waals surface area contributed by atoms with E-state index in [1.807, 2.05) is 0 Å². The van der Waals surface area contributed by atoms with Crippen LogP contribution in [0.5, 0.6) is 5.75 Å². The molecule has 0 saturated heterocycles. The van der Waals surface area contributed by atoms with Crippen LogP contribution >= 0.6 is 0 Å². The van der Waals surface area contributed by atoms with Crippen molar-refractivity contribution in [1.82, 2.24) is 0 Å². The maximum Gasteiger partial charge on any atom is 0.342 e. The highest BCUT2D eigenvalue weighted by atomic mass is 16.5. The number of para-hydroxylation sites is 1. The number of hydrogen-bond donors (Lipinski definition) is 0. The quantitative estimate of drug-likeness (QED) is 0.417. The average molecular weight is 206 g/mol. The molecule has 0 amide bonds. The molecular formula is C11H10O4. The van der Waals surface area contributed by atoms with E-state index in [0.29, 0.717) is 0 Å². The number of rotatable bonds is 5. The highest BCUT2D eigenvalue weighted by Gasteiger charge is 2.12. The van der Waals surface area contributed by atoms with Crippen molar-refractivity contribution in [1.29, 1.82) is 0 Å². The molecule has 0 radical (unpaired) electrons. The number of carbonyl (C=O) groups excluding carboxylic acids is 2. The van der Waals surface area contributed by atoms with Crippen LogP contribution in [0.4, 0.5) is 0 Å². The third kappa shape index (κ3) is 2.95. The van der Waals surface area contributed by atoms with Crippen molar-refractivity contribution in [3.63, 3.8) is 0 Å². The Kier molecular flexibility index (Phi) is 4.09. The predicted molar refractivity (Wildman–Crippen MR) is 53.6 cm³/mol. The maximum atomic E-state index is 11.4. The largest absolute Gasteiger partial charge is 0.458 e. The van der Waals surface area contributed by atoms with Gasteiger partial charge in [-0.05, 0) is 12.1 Å². The topological polar surface area (TPSA) is 52.6 Å². The second kappa shape index (κ2) is 5.59. The van der Waals surface area contributed by atoms with Gasteiger partial charge in [0.05, 0.1) is 0 Å². The molecule has 0 aliphatic heterocycles. The van der Waals surface area contributed by atoms with Crippen molar-refractivity contribution in [2.45, 2.75) is 0 Å². The van der Waals surface area contributed by atoms with Crippen LogP contribution in [-0.2, 0) is 9.53 Å². The molecule has 0 atom stereocenters. The van der Waals surface area contributed by atoms with E-state index in [2.05, 4.69) is 11.3 Å². The maximum absolute atomic E-state index is 11.4. The molecule has 0 spiro atoms. The Morgan fingerprint density at radius 2 is 2.13 bits per heavy atom. The van der Waals surface area contributed by atoms with Gasteiger partial charge in [-0.3, -0.25) is 4.79 Å². The molecule has 0 saturated carbocycles. The van der Waals surface area contributed by atoms with Crippen molar-refractivity contribution in [3.05, 3.63) is 42.5 Å². The number of carbonyl (C=O) groups is 2. The van der Waals surface area contributed by atoms with Crippen molar-refractivity contribution < 1.29 is 19.1 Å². The molecule has 78 valence electrons. The minimum absolute atomic E-state index is 0.119. The van der Waals surface area contributed by atoms with Crippen LogP contribution in [0.2, 0.25) is 0 Å². The van der Waals surface area contributed by atoms with Gasteiger partial charge in [0.1, 0.15) is 17.9 Å². The van der Waals surface area contributed by atoms with Gasteiger partial charge in [0.15, 0.2) is 0 Å². The van der Waals surface area contributed by atoms with Gasteiger partial charge in [0.25, 0.3) is 6.47 Å². The number of benzene rings is 1. The highest BCUT2D eigenvalue weighted by Crippen LogP contribution is 2.18. The van der Waals surface area contributed by atoms with E-state index in [4.69, 9.17) is 4.74 Å². The summed E-state index contributed by atoms with van der Waals surface area (Å²) in [6.07, 6.45) is 1.46. The molecule has 0 N–H and O–H groups in total. The summed E-state index contributed by atoms with van der Waals surface area (Å²) in [5.41, 5.74) is 0.214. The molecule has 1 aromatic rings. The lowest BCUT2D eigenvalue weighted by atomic mass is 10.2. The van der Waals surface area contributed by atoms with Gasteiger partial charge in [0, 0.05) is 0 Å². The second-order valence-corrected chi connectivity index (χ2v) is 2.60. The smallest absolute Gasteiger partial charge is 0.342 e. The van der Waals surface area contributed by atoms with E-state index in [9.17, 15) is 9.59 Å². The van der Waals surface area contributed by atoms with Gasteiger partial charge in [-0.1, -0.05) is 24.8 Å². The summed E-state index contributed by atoms with van der Waals surface area (Å²) in [6, 6.07) is 6.34. The summed E-state index contributed by atoms with van der Waals surface area (Å²) in [5.74, 6) is -0.367. The Morgan fingerprint density at radius 3 is 2.80 bits per heavy atom. The van der Waals surface area contributed by atoms with Crippen LogP contribution in [0, 0.1) is 0 Å². The van der Waals surface area contributed by atoms with Crippen molar-refractivity contribution in [2.75, 3.05) is 6.61 Å². The Morgan fingerprint density at radius 1 is 1.40 bits per heavy atom. The van der Waals surface area contributed by atoms with Gasteiger partial charge in [0.2, 0.25) is 0 Å². The molecule has 0 fully saturated rings. The Bertz CT molecular complexity index is 371. The van der Waals surface area contributed by atoms with Gasteiger partial charge < -0.3 is 9.47 Å². The van der Waals surface area contributed by atoms with E-state index >= 15 is 0 Å². The fraction of sp³-hybridized carbons (Fsp3) is 0.0909. The summed E-state index contributed by atoms with van der Waals surface area (Å²) < 4.78 is 9.44. The van der Waals surface area contributed by atoms with E-state index in [-0.39, 0.29) is 24.4 Å². The first-order chi connectivity index (χ1) is 7.29. The SMILES string of the molecule is C=CCOC(=O)c1ccccc1OC=O. The standard InChI is InChI=1S/C11H10O4/c1-2-7-14-11(13)9-5-3-4-6-10(9)15-8-12/h2-6,8H,1,7H2. The monoisotopic (exact) mass is 206 g/mol. The minimum atomic E-state index is -0.549. The molecule has 0 aromatic heterocycles. The van der Waals surface area contributed by atoms with Crippen LogP contribution in [-0.4, -0.2) is 19.0 Å². The van der Waals surface area contributed by atoms with Gasteiger partial charge in [-0.2, -0.15) is 0 Å². The van der Waals surface area contributed by atoms with E-state index in [0.717, 1.165) is 0 Å².